The van der Waals surface area contributed by atoms with E-state index in [1.54, 1.807) is 0 Å². The van der Waals surface area contributed by atoms with Gasteiger partial charge < -0.3 is 9.64 Å². The maximum atomic E-state index is 11.8. The Labute approximate surface area is 114 Å². The second kappa shape index (κ2) is 4.72. The molecule has 2 rings (SSSR count). The molecule has 0 aromatic heterocycles. The van der Waals surface area contributed by atoms with Gasteiger partial charge in [0, 0.05) is 18.3 Å². The van der Waals surface area contributed by atoms with E-state index in [0.29, 0.717) is 12.2 Å². The number of rotatable bonds is 2. The number of anilines is 1. The summed E-state index contributed by atoms with van der Waals surface area (Å²) in [6.45, 7) is 8.66. The number of likely N-dealkylation sites (N-methyl/N-ethyl adjacent to an activating group) is 1. The Balaban J connectivity index is 2.47. The van der Waals surface area contributed by atoms with Gasteiger partial charge in [0.15, 0.2) is 0 Å². The van der Waals surface area contributed by atoms with Crippen molar-refractivity contribution in [3.05, 3.63) is 35.4 Å². The van der Waals surface area contributed by atoms with Crippen molar-refractivity contribution in [2.24, 2.45) is 0 Å². The number of fused-ring (bicyclic) bond motifs is 1. The number of hydrogen-bond donors (Lipinski definition) is 0. The summed E-state index contributed by atoms with van der Waals surface area (Å²) in [4.78, 5) is 14.0. The summed E-state index contributed by atoms with van der Waals surface area (Å²) in [5, 5.41) is 0. The van der Waals surface area contributed by atoms with E-state index in [4.69, 9.17) is 4.74 Å². The fraction of sp³-hybridized carbons (Fsp3) is 0.438. The molecule has 0 radical (unpaired) electrons. The number of nitrogens with zero attached hydrogens (tertiary/aromatic N) is 1. The Kier molecular flexibility index (Phi) is 3.40. The first-order chi connectivity index (χ1) is 8.86. The summed E-state index contributed by atoms with van der Waals surface area (Å²) in [5.41, 5.74) is 4.05. The minimum Gasteiger partial charge on any atom is -0.462 e. The number of esters is 1. The van der Waals surface area contributed by atoms with Crippen molar-refractivity contribution >= 4 is 17.2 Å². The lowest BCUT2D eigenvalue weighted by molar-refractivity contribution is 0.0526. The molecule has 0 unspecified atom stereocenters. The van der Waals surface area contributed by atoms with Gasteiger partial charge in [-0.1, -0.05) is 6.08 Å². The monoisotopic (exact) mass is 259 g/mol. The van der Waals surface area contributed by atoms with Gasteiger partial charge in [-0.15, -0.1) is 0 Å². The largest absolute Gasteiger partial charge is 0.462 e. The summed E-state index contributed by atoms with van der Waals surface area (Å²) in [5.74, 6) is -0.259. The lowest BCUT2D eigenvalue weighted by Gasteiger charge is -2.40. The van der Waals surface area contributed by atoms with Gasteiger partial charge in [0.2, 0.25) is 0 Å². The molecule has 19 heavy (non-hydrogen) atoms. The summed E-state index contributed by atoms with van der Waals surface area (Å²) >= 11 is 0. The van der Waals surface area contributed by atoms with Gasteiger partial charge >= 0.3 is 5.97 Å². The van der Waals surface area contributed by atoms with Crippen LogP contribution in [0.1, 0.15) is 43.6 Å². The average molecular weight is 259 g/mol. The van der Waals surface area contributed by atoms with Crippen LogP contribution in [0.15, 0.2) is 24.3 Å². The molecule has 0 aliphatic carbocycles. The molecule has 102 valence electrons. The van der Waals surface area contributed by atoms with E-state index in [1.807, 2.05) is 25.1 Å². The smallest absolute Gasteiger partial charge is 0.338 e. The van der Waals surface area contributed by atoms with Gasteiger partial charge in [-0.05, 0) is 51.5 Å². The van der Waals surface area contributed by atoms with Gasteiger partial charge in [-0.2, -0.15) is 0 Å². The van der Waals surface area contributed by atoms with E-state index in [1.165, 1.54) is 5.57 Å². The summed E-state index contributed by atoms with van der Waals surface area (Å²) in [6, 6.07) is 5.76. The maximum absolute atomic E-state index is 11.8. The van der Waals surface area contributed by atoms with Crippen molar-refractivity contribution in [1.29, 1.82) is 0 Å². The van der Waals surface area contributed by atoms with Crippen LogP contribution in [-0.4, -0.2) is 25.2 Å². The average Bonchev–Trinajstić information content (AvgIpc) is 2.35. The van der Waals surface area contributed by atoms with E-state index >= 15 is 0 Å². The van der Waals surface area contributed by atoms with Crippen LogP contribution in [0.4, 0.5) is 5.69 Å². The van der Waals surface area contributed by atoms with Crippen LogP contribution in [0, 0.1) is 0 Å². The molecule has 1 aromatic carbocycles. The summed E-state index contributed by atoms with van der Waals surface area (Å²) in [7, 11) is 2.08. The molecule has 0 saturated heterocycles. The molecular formula is C16H21NO2. The highest BCUT2D eigenvalue weighted by atomic mass is 16.5. The molecule has 0 amide bonds. The Morgan fingerprint density at radius 3 is 2.68 bits per heavy atom. The quantitative estimate of drug-likeness (QED) is 0.761. The maximum Gasteiger partial charge on any atom is 0.338 e. The Morgan fingerprint density at radius 2 is 2.05 bits per heavy atom. The first-order valence-electron chi connectivity index (χ1n) is 6.61. The van der Waals surface area contributed by atoms with Crippen LogP contribution < -0.4 is 4.90 Å². The van der Waals surface area contributed by atoms with Crippen LogP contribution in [0.3, 0.4) is 0 Å². The molecule has 0 bridgehead atoms. The van der Waals surface area contributed by atoms with Crippen molar-refractivity contribution < 1.29 is 9.53 Å². The minimum atomic E-state index is -0.259. The number of benzene rings is 1. The molecule has 3 nitrogen and oxygen atoms in total. The third-order valence-corrected chi connectivity index (χ3v) is 3.73. The topological polar surface area (TPSA) is 29.5 Å². The van der Waals surface area contributed by atoms with Crippen molar-refractivity contribution in [1.82, 2.24) is 0 Å². The molecule has 0 fully saturated rings. The zero-order chi connectivity index (χ0) is 14.2. The van der Waals surface area contributed by atoms with E-state index in [2.05, 4.69) is 38.8 Å². The van der Waals surface area contributed by atoms with Crippen LogP contribution >= 0.6 is 0 Å². The molecule has 1 aromatic rings. The SMILES string of the molecule is CCOC(=O)c1ccc2c(c1)C(C)=CC(C)(C)N2C. The van der Waals surface area contributed by atoms with Crippen molar-refractivity contribution in [2.45, 2.75) is 33.2 Å². The lowest BCUT2D eigenvalue weighted by atomic mass is 9.88. The van der Waals surface area contributed by atoms with Crippen LogP contribution in [-0.2, 0) is 4.74 Å². The standard InChI is InChI=1S/C16H21NO2/c1-6-19-15(18)12-7-8-14-13(9-12)11(2)10-16(3,4)17(14)5/h7-10H,6H2,1-5H3. The number of carbonyl (C=O) groups excluding carboxylic acids is 1. The molecule has 0 N–H and O–H groups in total. The Bertz CT molecular complexity index is 544. The van der Waals surface area contributed by atoms with E-state index < -0.39 is 0 Å². The van der Waals surface area contributed by atoms with Gasteiger partial charge in [0.05, 0.1) is 17.7 Å². The molecule has 0 atom stereocenters. The Hall–Kier alpha value is -1.77. The zero-order valence-corrected chi connectivity index (χ0v) is 12.3. The Morgan fingerprint density at radius 1 is 1.37 bits per heavy atom. The number of ether oxygens (including phenoxy) is 1. The number of allylic oxidation sites excluding steroid dienone is 1. The van der Waals surface area contributed by atoms with E-state index in [9.17, 15) is 4.79 Å². The fourth-order valence-electron chi connectivity index (χ4n) is 2.50. The van der Waals surface area contributed by atoms with Crippen LogP contribution in [0.5, 0.6) is 0 Å². The molecule has 0 saturated carbocycles. The predicted molar refractivity (Wildman–Crippen MR) is 78.5 cm³/mol. The van der Waals surface area contributed by atoms with E-state index in [-0.39, 0.29) is 11.5 Å². The number of hydrogen-bond acceptors (Lipinski definition) is 3. The molecule has 1 aliphatic heterocycles. The summed E-state index contributed by atoms with van der Waals surface area (Å²) < 4.78 is 5.05. The molecule has 0 spiro atoms. The first-order valence-corrected chi connectivity index (χ1v) is 6.61. The molecular weight excluding hydrogens is 238 g/mol. The highest BCUT2D eigenvalue weighted by Crippen LogP contribution is 2.38. The highest BCUT2D eigenvalue weighted by Gasteiger charge is 2.28. The van der Waals surface area contributed by atoms with Gasteiger partial charge in [-0.3, -0.25) is 0 Å². The lowest BCUT2D eigenvalue weighted by Crippen LogP contribution is -2.42. The molecule has 1 aliphatic rings. The third-order valence-electron chi connectivity index (χ3n) is 3.73. The highest BCUT2D eigenvalue weighted by molar-refractivity contribution is 5.93. The molecule has 1 heterocycles. The first kappa shape index (κ1) is 13.7. The third kappa shape index (κ3) is 2.37. The van der Waals surface area contributed by atoms with Crippen molar-refractivity contribution in [2.75, 3.05) is 18.6 Å². The minimum absolute atomic E-state index is 0.0114. The van der Waals surface area contributed by atoms with Gasteiger partial charge in [0.1, 0.15) is 0 Å². The van der Waals surface area contributed by atoms with Gasteiger partial charge in [-0.25, -0.2) is 4.79 Å². The van der Waals surface area contributed by atoms with Crippen molar-refractivity contribution in [3.63, 3.8) is 0 Å². The fourth-order valence-corrected chi connectivity index (χ4v) is 2.50. The molecule has 3 heteroatoms. The van der Waals surface area contributed by atoms with Crippen LogP contribution in [0.25, 0.3) is 5.57 Å². The predicted octanol–water partition coefficient (Wildman–Crippen LogP) is 3.50. The van der Waals surface area contributed by atoms with Gasteiger partial charge in [0.25, 0.3) is 0 Å². The number of carbonyl (C=O) groups is 1. The van der Waals surface area contributed by atoms with E-state index in [0.717, 1.165) is 11.3 Å². The van der Waals surface area contributed by atoms with Crippen LogP contribution in [0.2, 0.25) is 0 Å². The zero-order valence-electron chi connectivity index (χ0n) is 12.3. The van der Waals surface area contributed by atoms with Crippen molar-refractivity contribution in [3.8, 4) is 0 Å². The normalized spacial score (nSPS) is 16.7. The second-order valence-electron chi connectivity index (χ2n) is 5.49. The second-order valence-corrected chi connectivity index (χ2v) is 5.49. The summed E-state index contributed by atoms with van der Waals surface area (Å²) in [6.07, 6.45) is 2.23.